The number of carbonyl (C=O) groups is 1. The minimum atomic E-state index is -0.463. The zero-order valence-electron chi connectivity index (χ0n) is 11.2. The van der Waals surface area contributed by atoms with Crippen LogP contribution < -0.4 is 5.32 Å². The van der Waals surface area contributed by atoms with E-state index in [0.717, 1.165) is 3.79 Å². The van der Waals surface area contributed by atoms with E-state index in [4.69, 9.17) is 0 Å². The predicted molar refractivity (Wildman–Crippen MR) is 83.8 cm³/mol. The van der Waals surface area contributed by atoms with Crippen molar-refractivity contribution in [3.63, 3.8) is 0 Å². The lowest BCUT2D eigenvalue weighted by atomic mass is 9.84. The first kappa shape index (κ1) is 15.2. The van der Waals surface area contributed by atoms with E-state index < -0.39 is 5.41 Å². The van der Waals surface area contributed by atoms with Crippen LogP contribution in [0.4, 0.5) is 4.39 Å². The summed E-state index contributed by atoms with van der Waals surface area (Å²) in [6.07, 6.45) is 0. The Morgan fingerprint density at radius 1 is 1.30 bits per heavy atom. The van der Waals surface area contributed by atoms with Gasteiger partial charge in [-0.3, -0.25) is 4.79 Å². The lowest BCUT2D eigenvalue weighted by Gasteiger charge is -2.26. The molecular weight excluding hydrogens is 341 g/mol. The summed E-state index contributed by atoms with van der Waals surface area (Å²) < 4.78 is 14.7. The third-order valence-electron chi connectivity index (χ3n) is 3.09. The highest BCUT2D eigenvalue weighted by molar-refractivity contribution is 9.11. The highest BCUT2D eigenvalue weighted by atomic mass is 79.9. The van der Waals surface area contributed by atoms with Gasteiger partial charge in [-0.05, 0) is 39.7 Å². The predicted octanol–water partition coefficient (Wildman–Crippen LogP) is 4.36. The molecule has 0 bridgehead atoms. The Bertz CT molecular complexity index is 624. The quantitative estimate of drug-likeness (QED) is 0.867. The zero-order chi connectivity index (χ0) is 14.8. The van der Waals surface area contributed by atoms with Crippen molar-refractivity contribution in [3.8, 4) is 0 Å². The highest BCUT2D eigenvalue weighted by Gasteiger charge is 2.24. The van der Waals surface area contributed by atoms with Gasteiger partial charge >= 0.3 is 0 Å². The summed E-state index contributed by atoms with van der Waals surface area (Å²) in [5, 5.41) is 2.86. The molecule has 0 aliphatic rings. The molecule has 0 radical (unpaired) electrons. The van der Waals surface area contributed by atoms with E-state index in [1.807, 2.05) is 19.9 Å². The normalized spacial score (nSPS) is 11.4. The topological polar surface area (TPSA) is 29.1 Å². The molecule has 0 unspecified atom stereocenters. The lowest BCUT2D eigenvalue weighted by molar-refractivity contribution is 0.0949. The summed E-state index contributed by atoms with van der Waals surface area (Å²) in [5.74, 6) is -0.379. The van der Waals surface area contributed by atoms with Gasteiger partial charge in [-0.15, -0.1) is 11.3 Å². The van der Waals surface area contributed by atoms with E-state index in [9.17, 15) is 9.18 Å². The molecule has 20 heavy (non-hydrogen) atoms. The number of halogens is 2. The zero-order valence-corrected chi connectivity index (χ0v) is 13.6. The average molecular weight is 356 g/mol. The fourth-order valence-corrected chi connectivity index (χ4v) is 3.23. The monoisotopic (exact) mass is 355 g/mol. The number of hydrogen-bond acceptors (Lipinski definition) is 2. The Morgan fingerprint density at radius 3 is 2.60 bits per heavy atom. The molecular formula is C15H15BrFNOS. The molecule has 2 rings (SSSR count). The van der Waals surface area contributed by atoms with Crippen LogP contribution in [0.1, 0.15) is 29.1 Å². The van der Waals surface area contributed by atoms with Crippen molar-refractivity contribution in [1.29, 1.82) is 0 Å². The van der Waals surface area contributed by atoms with Crippen molar-refractivity contribution < 1.29 is 9.18 Å². The van der Waals surface area contributed by atoms with Gasteiger partial charge in [-0.25, -0.2) is 4.39 Å². The van der Waals surface area contributed by atoms with Gasteiger partial charge in [-0.2, -0.15) is 0 Å². The Kier molecular flexibility index (Phi) is 4.60. The number of benzene rings is 1. The number of carbonyl (C=O) groups excluding carboxylic acids is 1. The molecule has 0 saturated heterocycles. The van der Waals surface area contributed by atoms with Crippen LogP contribution in [0.15, 0.2) is 40.2 Å². The second-order valence-electron chi connectivity index (χ2n) is 5.15. The molecule has 1 N–H and O–H groups in total. The van der Waals surface area contributed by atoms with E-state index in [2.05, 4.69) is 21.2 Å². The maximum Gasteiger partial charge on any atom is 0.261 e. The van der Waals surface area contributed by atoms with Gasteiger partial charge in [0.25, 0.3) is 5.91 Å². The second-order valence-corrected chi connectivity index (χ2v) is 7.61. The molecule has 106 valence electrons. The Labute approximate surface area is 130 Å². The van der Waals surface area contributed by atoms with Crippen LogP contribution in [-0.2, 0) is 5.41 Å². The van der Waals surface area contributed by atoms with E-state index in [1.165, 1.54) is 17.4 Å². The van der Waals surface area contributed by atoms with Crippen LogP contribution in [-0.4, -0.2) is 12.5 Å². The van der Waals surface area contributed by atoms with Gasteiger partial charge in [0.1, 0.15) is 5.82 Å². The molecule has 1 aromatic carbocycles. The summed E-state index contributed by atoms with van der Waals surface area (Å²) >= 11 is 4.70. The number of thiophene rings is 1. The standard InChI is InChI=1S/C15H15BrFNOS/c1-15(2,10-5-3-4-6-11(10)17)9-18-14(19)12-7-8-13(16)20-12/h3-8H,9H2,1-2H3,(H,18,19). The van der Waals surface area contributed by atoms with Crippen LogP contribution in [0.3, 0.4) is 0 Å². The van der Waals surface area contributed by atoms with Gasteiger partial charge in [-0.1, -0.05) is 32.0 Å². The van der Waals surface area contributed by atoms with Crippen LogP contribution >= 0.6 is 27.3 Å². The average Bonchev–Trinajstić information content (AvgIpc) is 2.83. The van der Waals surface area contributed by atoms with Crippen LogP contribution in [0.2, 0.25) is 0 Å². The number of amides is 1. The second kappa shape index (κ2) is 6.06. The fourth-order valence-electron chi connectivity index (χ4n) is 1.93. The summed E-state index contributed by atoms with van der Waals surface area (Å²) in [6, 6.07) is 10.3. The number of rotatable bonds is 4. The first-order valence-electron chi connectivity index (χ1n) is 6.19. The molecule has 1 heterocycles. The summed E-state index contributed by atoms with van der Waals surface area (Å²) in [6.45, 7) is 4.20. The van der Waals surface area contributed by atoms with Crippen molar-refractivity contribution in [2.24, 2.45) is 0 Å². The van der Waals surface area contributed by atoms with E-state index in [0.29, 0.717) is 17.0 Å². The van der Waals surface area contributed by atoms with Crippen molar-refractivity contribution in [1.82, 2.24) is 5.32 Å². The SMILES string of the molecule is CC(C)(CNC(=O)c1ccc(Br)s1)c1ccccc1F. The minimum Gasteiger partial charge on any atom is -0.350 e. The third kappa shape index (κ3) is 3.46. The minimum absolute atomic E-state index is 0.134. The third-order valence-corrected chi connectivity index (χ3v) is 4.71. The van der Waals surface area contributed by atoms with Gasteiger partial charge in [0.15, 0.2) is 0 Å². The maximum atomic E-state index is 13.8. The Hall–Kier alpha value is -1.20. The van der Waals surface area contributed by atoms with Crippen molar-refractivity contribution >= 4 is 33.2 Å². The van der Waals surface area contributed by atoms with Gasteiger partial charge in [0, 0.05) is 12.0 Å². The van der Waals surface area contributed by atoms with Crippen molar-refractivity contribution in [2.45, 2.75) is 19.3 Å². The Morgan fingerprint density at radius 2 is 2.00 bits per heavy atom. The molecule has 2 aromatic rings. The summed E-state index contributed by atoms with van der Waals surface area (Å²) in [4.78, 5) is 12.6. The Balaban J connectivity index is 2.06. The molecule has 0 aliphatic carbocycles. The van der Waals surface area contributed by atoms with Crippen molar-refractivity contribution in [2.75, 3.05) is 6.54 Å². The molecule has 5 heteroatoms. The lowest BCUT2D eigenvalue weighted by Crippen LogP contribution is -2.37. The number of nitrogens with one attached hydrogen (secondary N) is 1. The summed E-state index contributed by atoms with van der Waals surface area (Å²) in [5.41, 5.74) is 0.142. The molecule has 0 saturated carbocycles. The van der Waals surface area contributed by atoms with Gasteiger partial charge in [0.2, 0.25) is 0 Å². The van der Waals surface area contributed by atoms with Crippen molar-refractivity contribution in [3.05, 3.63) is 56.4 Å². The van der Waals surface area contributed by atoms with E-state index in [1.54, 1.807) is 24.3 Å². The van der Waals surface area contributed by atoms with Crippen LogP contribution in [0.25, 0.3) is 0 Å². The molecule has 0 atom stereocenters. The molecule has 0 fully saturated rings. The van der Waals surface area contributed by atoms with Crippen LogP contribution in [0, 0.1) is 5.82 Å². The van der Waals surface area contributed by atoms with E-state index >= 15 is 0 Å². The first-order valence-corrected chi connectivity index (χ1v) is 7.79. The summed E-state index contributed by atoms with van der Waals surface area (Å²) in [7, 11) is 0. The number of hydrogen-bond donors (Lipinski definition) is 1. The first-order chi connectivity index (χ1) is 9.40. The molecule has 2 nitrogen and oxygen atoms in total. The fraction of sp³-hybridized carbons (Fsp3) is 0.267. The van der Waals surface area contributed by atoms with Crippen LogP contribution in [0.5, 0.6) is 0 Å². The molecule has 1 aromatic heterocycles. The van der Waals surface area contributed by atoms with E-state index in [-0.39, 0.29) is 11.7 Å². The largest absolute Gasteiger partial charge is 0.350 e. The molecule has 1 amide bonds. The molecule has 0 aliphatic heterocycles. The maximum absolute atomic E-state index is 13.8. The van der Waals surface area contributed by atoms with Gasteiger partial charge < -0.3 is 5.32 Å². The molecule has 0 spiro atoms. The van der Waals surface area contributed by atoms with Gasteiger partial charge in [0.05, 0.1) is 8.66 Å². The smallest absolute Gasteiger partial charge is 0.261 e. The highest BCUT2D eigenvalue weighted by Crippen LogP contribution is 2.26.